The lowest BCUT2D eigenvalue weighted by molar-refractivity contribution is -0.385. The molecule has 0 aliphatic heterocycles. The van der Waals surface area contributed by atoms with E-state index in [1.165, 1.54) is 19.1 Å². The van der Waals surface area contributed by atoms with Crippen LogP contribution in [0.15, 0.2) is 53.0 Å². The number of esters is 1. The minimum Gasteiger partial charge on any atom is -0.449 e. The summed E-state index contributed by atoms with van der Waals surface area (Å²) in [6.07, 6.45) is -1.03. The molecule has 0 radical (unpaired) electrons. The van der Waals surface area contributed by atoms with Crippen LogP contribution in [-0.2, 0) is 16.1 Å². The van der Waals surface area contributed by atoms with Crippen LogP contribution in [0.2, 0.25) is 0 Å². The Morgan fingerprint density at radius 3 is 2.56 bits per heavy atom. The molecule has 0 saturated carbocycles. The Balaban J connectivity index is 1.96. The predicted octanol–water partition coefficient (Wildman–Crippen LogP) is 3.22. The van der Waals surface area contributed by atoms with Crippen molar-refractivity contribution in [1.82, 2.24) is 5.32 Å². The number of amides is 1. The molecule has 0 heterocycles. The molecule has 25 heavy (non-hydrogen) atoms. The number of rotatable bonds is 6. The number of nitrogens with zero attached hydrogens (tertiary/aromatic N) is 1. The van der Waals surface area contributed by atoms with Gasteiger partial charge in [-0.05, 0) is 40.5 Å². The Morgan fingerprint density at radius 1 is 1.24 bits per heavy atom. The lowest BCUT2D eigenvalue weighted by atomic mass is 10.2. The summed E-state index contributed by atoms with van der Waals surface area (Å²) in [6.45, 7) is 1.75. The third-order valence-electron chi connectivity index (χ3n) is 3.34. The maximum atomic E-state index is 12.1. The van der Waals surface area contributed by atoms with Crippen LogP contribution in [0.3, 0.4) is 0 Å². The molecule has 0 aliphatic carbocycles. The SMILES string of the molecule is CC(OC(=O)c1ccc(Br)c([N+](=O)[O-])c1)C(=O)NCc1ccccc1. The average Bonchev–Trinajstić information content (AvgIpc) is 2.60. The van der Waals surface area contributed by atoms with Crippen LogP contribution < -0.4 is 5.32 Å². The zero-order valence-corrected chi connectivity index (χ0v) is 14.9. The Bertz CT molecular complexity index is 795. The molecule has 0 aromatic heterocycles. The van der Waals surface area contributed by atoms with E-state index in [4.69, 9.17) is 4.74 Å². The molecule has 7 nitrogen and oxygen atoms in total. The van der Waals surface area contributed by atoms with Crippen molar-refractivity contribution in [1.29, 1.82) is 0 Å². The van der Waals surface area contributed by atoms with Crippen molar-refractivity contribution in [3.8, 4) is 0 Å². The Labute approximate surface area is 152 Å². The lowest BCUT2D eigenvalue weighted by Crippen LogP contribution is -2.35. The number of nitrogens with one attached hydrogen (secondary N) is 1. The first-order valence-electron chi connectivity index (χ1n) is 7.35. The second-order valence-corrected chi connectivity index (χ2v) is 6.03. The zero-order chi connectivity index (χ0) is 18.4. The molecule has 1 atom stereocenters. The summed E-state index contributed by atoms with van der Waals surface area (Å²) in [5.74, 6) is -1.26. The summed E-state index contributed by atoms with van der Waals surface area (Å²) in [5, 5.41) is 13.6. The molecule has 2 rings (SSSR count). The average molecular weight is 407 g/mol. The van der Waals surface area contributed by atoms with Gasteiger partial charge in [0.1, 0.15) is 0 Å². The van der Waals surface area contributed by atoms with Crippen molar-refractivity contribution in [3.63, 3.8) is 0 Å². The van der Waals surface area contributed by atoms with Gasteiger partial charge in [0.25, 0.3) is 11.6 Å². The molecular formula is C17H15BrN2O5. The van der Waals surface area contributed by atoms with Crippen molar-refractivity contribution in [2.24, 2.45) is 0 Å². The van der Waals surface area contributed by atoms with Gasteiger partial charge in [-0.15, -0.1) is 0 Å². The van der Waals surface area contributed by atoms with E-state index in [0.717, 1.165) is 11.6 Å². The quantitative estimate of drug-likeness (QED) is 0.451. The van der Waals surface area contributed by atoms with Crippen LogP contribution in [0.25, 0.3) is 0 Å². The number of benzene rings is 2. The molecule has 0 bridgehead atoms. The second kappa shape index (κ2) is 8.39. The molecule has 2 aromatic carbocycles. The normalized spacial score (nSPS) is 11.4. The summed E-state index contributed by atoms with van der Waals surface area (Å²) < 4.78 is 5.32. The molecule has 8 heteroatoms. The standard InChI is InChI=1S/C17H15BrN2O5/c1-11(16(21)19-10-12-5-3-2-4-6-12)25-17(22)13-7-8-14(18)15(9-13)20(23)24/h2-9,11H,10H2,1H3,(H,19,21). The smallest absolute Gasteiger partial charge is 0.339 e. The molecule has 2 aromatic rings. The third kappa shape index (κ3) is 5.12. The van der Waals surface area contributed by atoms with Gasteiger partial charge in [-0.2, -0.15) is 0 Å². The molecule has 0 fully saturated rings. The number of halogens is 1. The van der Waals surface area contributed by atoms with Crippen molar-refractivity contribution in [2.75, 3.05) is 0 Å². The van der Waals surface area contributed by atoms with E-state index in [2.05, 4.69) is 21.2 Å². The van der Waals surface area contributed by atoms with E-state index in [1.807, 2.05) is 30.3 Å². The highest BCUT2D eigenvalue weighted by Gasteiger charge is 2.21. The van der Waals surface area contributed by atoms with Gasteiger partial charge in [-0.3, -0.25) is 14.9 Å². The minimum atomic E-state index is -1.03. The van der Waals surface area contributed by atoms with Crippen molar-refractivity contribution in [2.45, 2.75) is 19.6 Å². The van der Waals surface area contributed by atoms with Gasteiger partial charge in [0.2, 0.25) is 0 Å². The molecule has 1 amide bonds. The van der Waals surface area contributed by atoms with Crippen LogP contribution in [0.1, 0.15) is 22.8 Å². The van der Waals surface area contributed by atoms with E-state index in [1.54, 1.807) is 0 Å². The van der Waals surface area contributed by atoms with Crippen LogP contribution in [0.4, 0.5) is 5.69 Å². The highest BCUT2D eigenvalue weighted by molar-refractivity contribution is 9.10. The summed E-state index contributed by atoms with van der Waals surface area (Å²) in [5.41, 5.74) is 0.658. The minimum absolute atomic E-state index is 0.00221. The third-order valence-corrected chi connectivity index (χ3v) is 4.01. The van der Waals surface area contributed by atoms with E-state index >= 15 is 0 Å². The van der Waals surface area contributed by atoms with Gasteiger partial charge in [0.05, 0.1) is 15.0 Å². The second-order valence-electron chi connectivity index (χ2n) is 5.17. The van der Waals surface area contributed by atoms with Crippen molar-refractivity contribution >= 4 is 33.5 Å². The number of carbonyl (C=O) groups is 2. The molecule has 0 aliphatic rings. The van der Waals surface area contributed by atoms with E-state index < -0.39 is 22.9 Å². The van der Waals surface area contributed by atoms with Gasteiger partial charge in [-0.25, -0.2) is 4.79 Å². The molecule has 130 valence electrons. The number of hydrogen-bond acceptors (Lipinski definition) is 5. The summed E-state index contributed by atoms with van der Waals surface area (Å²) >= 11 is 3.04. The molecule has 1 unspecified atom stereocenters. The summed E-state index contributed by atoms with van der Waals surface area (Å²) in [7, 11) is 0. The highest BCUT2D eigenvalue weighted by atomic mass is 79.9. The number of nitro benzene ring substituents is 1. The van der Waals surface area contributed by atoms with E-state index in [0.29, 0.717) is 6.54 Å². The highest BCUT2D eigenvalue weighted by Crippen LogP contribution is 2.26. The largest absolute Gasteiger partial charge is 0.449 e. The molecular weight excluding hydrogens is 392 g/mol. The Morgan fingerprint density at radius 2 is 1.92 bits per heavy atom. The zero-order valence-electron chi connectivity index (χ0n) is 13.3. The summed E-state index contributed by atoms with van der Waals surface area (Å²) in [6, 6.07) is 13.2. The molecule has 0 spiro atoms. The fraction of sp³-hybridized carbons (Fsp3) is 0.176. The summed E-state index contributed by atoms with van der Waals surface area (Å²) in [4.78, 5) is 34.4. The van der Waals surface area contributed by atoms with E-state index in [-0.39, 0.29) is 15.7 Å². The number of nitro groups is 1. The number of hydrogen-bond donors (Lipinski definition) is 1. The maximum absolute atomic E-state index is 12.1. The predicted molar refractivity (Wildman–Crippen MR) is 94.0 cm³/mol. The van der Waals surface area contributed by atoms with Crippen LogP contribution in [0.5, 0.6) is 0 Å². The Hall–Kier alpha value is -2.74. The first-order chi connectivity index (χ1) is 11.9. The monoisotopic (exact) mass is 406 g/mol. The number of carbonyl (C=O) groups excluding carboxylic acids is 2. The van der Waals surface area contributed by atoms with Crippen molar-refractivity contribution in [3.05, 3.63) is 74.2 Å². The fourth-order valence-electron chi connectivity index (χ4n) is 1.99. The fourth-order valence-corrected chi connectivity index (χ4v) is 2.38. The van der Waals surface area contributed by atoms with Gasteiger partial charge >= 0.3 is 5.97 Å². The first-order valence-corrected chi connectivity index (χ1v) is 8.14. The van der Waals surface area contributed by atoms with Crippen LogP contribution >= 0.6 is 15.9 Å². The lowest BCUT2D eigenvalue weighted by Gasteiger charge is -2.13. The molecule has 1 N–H and O–H groups in total. The Kier molecular flexibility index (Phi) is 6.24. The first kappa shape index (κ1) is 18.6. The van der Waals surface area contributed by atoms with Crippen LogP contribution in [-0.4, -0.2) is 22.9 Å². The maximum Gasteiger partial charge on any atom is 0.339 e. The van der Waals surface area contributed by atoms with Crippen LogP contribution in [0, 0.1) is 10.1 Å². The topological polar surface area (TPSA) is 98.5 Å². The number of ether oxygens (including phenoxy) is 1. The van der Waals surface area contributed by atoms with Gasteiger partial charge in [0, 0.05) is 12.6 Å². The van der Waals surface area contributed by atoms with Gasteiger partial charge < -0.3 is 10.1 Å². The van der Waals surface area contributed by atoms with Gasteiger partial charge in [0.15, 0.2) is 6.10 Å². The van der Waals surface area contributed by atoms with Crippen molar-refractivity contribution < 1.29 is 19.2 Å². The molecule has 0 saturated heterocycles. The van der Waals surface area contributed by atoms with E-state index in [9.17, 15) is 19.7 Å². The van der Waals surface area contributed by atoms with Gasteiger partial charge in [-0.1, -0.05) is 30.3 Å².